The number of amides is 1. The lowest BCUT2D eigenvalue weighted by atomic mass is 9.99. The molecule has 0 aliphatic carbocycles. The number of aromatic amines is 1. The van der Waals surface area contributed by atoms with Gasteiger partial charge in [0, 0.05) is 6.20 Å². The summed E-state index contributed by atoms with van der Waals surface area (Å²) < 4.78 is 5.70. The van der Waals surface area contributed by atoms with E-state index in [1.807, 2.05) is 32.2 Å². The lowest BCUT2D eigenvalue weighted by molar-refractivity contribution is 0.0394. The predicted octanol–water partition coefficient (Wildman–Crippen LogP) is 2.55. The molecular formula is C11H16N2O2S. The van der Waals surface area contributed by atoms with Crippen LogP contribution in [-0.4, -0.2) is 16.7 Å². The fraction of sp³-hybridized carbons (Fsp3) is 0.455. The Kier molecular flexibility index (Phi) is 4.06. The third-order valence-corrected chi connectivity index (χ3v) is 2.50. The molecule has 1 aromatic heterocycles. The van der Waals surface area contributed by atoms with Crippen LogP contribution >= 0.6 is 12.2 Å². The van der Waals surface area contributed by atoms with Crippen molar-refractivity contribution in [3.05, 3.63) is 28.5 Å². The number of rotatable bonds is 4. The molecule has 1 aromatic rings. The fourth-order valence-corrected chi connectivity index (χ4v) is 1.49. The summed E-state index contributed by atoms with van der Waals surface area (Å²) in [6, 6.07) is 3.80. The number of nitrogens with one attached hydrogen (secondary N) is 1. The highest BCUT2D eigenvalue weighted by Crippen LogP contribution is 2.17. The second kappa shape index (κ2) is 5.12. The zero-order valence-corrected chi connectivity index (χ0v) is 10.3. The monoisotopic (exact) mass is 240 g/mol. The molecule has 16 heavy (non-hydrogen) atoms. The summed E-state index contributed by atoms with van der Waals surface area (Å²) in [5, 5.41) is 0. The van der Waals surface area contributed by atoms with Crippen molar-refractivity contribution in [3.8, 4) is 0 Å². The molecule has 0 radical (unpaired) electrons. The molecule has 0 atom stereocenters. The summed E-state index contributed by atoms with van der Waals surface area (Å²) >= 11 is 4.94. The molecule has 0 bridgehead atoms. The standard InChI is InChI=1S/C11H16N2O2S/c1-11(2,15-10(12)14)6-5-8-3-4-9(16)13-7-8/h3-4,7H,5-6H2,1-2H3,(H2,12,14)(H,13,16). The van der Waals surface area contributed by atoms with Gasteiger partial charge in [0.2, 0.25) is 0 Å². The molecule has 0 fully saturated rings. The summed E-state index contributed by atoms with van der Waals surface area (Å²) in [7, 11) is 0. The number of ether oxygens (including phenoxy) is 1. The molecule has 0 saturated heterocycles. The van der Waals surface area contributed by atoms with Gasteiger partial charge < -0.3 is 15.5 Å². The van der Waals surface area contributed by atoms with Crippen LogP contribution < -0.4 is 5.73 Å². The Balaban J connectivity index is 2.53. The maximum atomic E-state index is 10.7. The Morgan fingerprint density at radius 2 is 2.25 bits per heavy atom. The number of pyridine rings is 1. The molecule has 0 saturated carbocycles. The van der Waals surface area contributed by atoms with E-state index in [0.29, 0.717) is 11.1 Å². The van der Waals surface area contributed by atoms with Crippen molar-refractivity contribution in [2.24, 2.45) is 5.73 Å². The van der Waals surface area contributed by atoms with Gasteiger partial charge in [0.1, 0.15) is 10.2 Å². The first-order valence-electron chi connectivity index (χ1n) is 5.05. The number of aromatic nitrogens is 1. The van der Waals surface area contributed by atoms with Gasteiger partial charge in [-0.25, -0.2) is 4.79 Å². The number of carbonyl (C=O) groups excluding carboxylic acids is 1. The minimum Gasteiger partial charge on any atom is -0.444 e. The minimum atomic E-state index is -0.738. The second-order valence-corrected chi connectivity index (χ2v) is 4.68. The summed E-state index contributed by atoms with van der Waals surface area (Å²) in [5.74, 6) is 0. The van der Waals surface area contributed by atoms with Crippen molar-refractivity contribution in [3.63, 3.8) is 0 Å². The van der Waals surface area contributed by atoms with E-state index >= 15 is 0 Å². The normalized spacial score (nSPS) is 11.1. The summed E-state index contributed by atoms with van der Waals surface area (Å²) in [6.45, 7) is 3.67. The van der Waals surface area contributed by atoms with Gasteiger partial charge in [-0.05, 0) is 38.3 Å². The van der Waals surface area contributed by atoms with Crippen molar-refractivity contribution in [1.82, 2.24) is 4.98 Å². The Morgan fingerprint density at radius 1 is 1.56 bits per heavy atom. The molecule has 1 amide bonds. The van der Waals surface area contributed by atoms with E-state index in [9.17, 15) is 4.79 Å². The van der Waals surface area contributed by atoms with Crippen molar-refractivity contribution in [2.75, 3.05) is 0 Å². The molecule has 1 rings (SSSR count). The van der Waals surface area contributed by atoms with Gasteiger partial charge in [-0.2, -0.15) is 0 Å². The smallest absolute Gasteiger partial charge is 0.405 e. The zero-order valence-electron chi connectivity index (χ0n) is 9.45. The van der Waals surface area contributed by atoms with Crippen LogP contribution in [0.2, 0.25) is 0 Å². The summed E-state index contributed by atoms with van der Waals surface area (Å²) in [5.41, 5.74) is 5.56. The number of carbonyl (C=O) groups is 1. The first-order chi connectivity index (χ1) is 7.39. The van der Waals surface area contributed by atoms with Gasteiger partial charge in [-0.3, -0.25) is 0 Å². The third kappa shape index (κ3) is 4.44. The highest BCUT2D eigenvalue weighted by atomic mass is 32.1. The van der Waals surface area contributed by atoms with E-state index in [4.69, 9.17) is 22.7 Å². The molecule has 0 aromatic carbocycles. The lowest BCUT2D eigenvalue weighted by Gasteiger charge is -2.23. The van der Waals surface area contributed by atoms with Crippen molar-refractivity contribution < 1.29 is 9.53 Å². The van der Waals surface area contributed by atoms with Gasteiger partial charge in [0.15, 0.2) is 0 Å². The van der Waals surface area contributed by atoms with E-state index < -0.39 is 11.7 Å². The minimum absolute atomic E-state index is 0.543. The van der Waals surface area contributed by atoms with E-state index in [1.54, 1.807) is 0 Å². The third-order valence-electron chi connectivity index (χ3n) is 2.24. The quantitative estimate of drug-likeness (QED) is 0.795. The zero-order chi connectivity index (χ0) is 12.2. The first kappa shape index (κ1) is 12.7. The Labute approximate surface area is 99.8 Å². The number of H-pyrrole nitrogens is 1. The summed E-state index contributed by atoms with van der Waals surface area (Å²) in [6.07, 6.45) is 2.63. The Hall–Kier alpha value is -1.36. The van der Waals surface area contributed by atoms with Crippen molar-refractivity contribution in [1.29, 1.82) is 0 Å². The van der Waals surface area contributed by atoms with Crippen LogP contribution in [0.15, 0.2) is 18.3 Å². The summed E-state index contributed by atoms with van der Waals surface area (Å²) in [4.78, 5) is 13.6. The molecule has 3 N–H and O–H groups in total. The van der Waals surface area contributed by atoms with Crippen LogP contribution in [0.4, 0.5) is 4.79 Å². The number of hydrogen-bond donors (Lipinski definition) is 2. The molecule has 0 aliphatic rings. The fourth-order valence-electron chi connectivity index (χ4n) is 1.37. The second-order valence-electron chi connectivity index (χ2n) is 4.24. The van der Waals surface area contributed by atoms with E-state index in [-0.39, 0.29) is 0 Å². The van der Waals surface area contributed by atoms with Crippen LogP contribution in [0.25, 0.3) is 0 Å². The number of primary amides is 1. The van der Waals surface area contributed by atoms with Crippen LogP contribution in [0.3, 0.4) is 0 Å². The van der Waals surface area contributed by atoms with E-state index in [1.165, 1.54) is 0 Å². The molecule has 5 heteroatoms. The Morgan fingerprint density at radius 3 is 2.75 bits per heavy atom. The first-order valence-corrected chi connectivity index (χ1v) is 5.46. The molecule has 0 aliphatic heterocycles. The van der Waals surface area contributed by atoms with Crippen molar-refractivity contribution >= 4 is 18.3 Å². The maximum Gasteiger partial charge on any atom is 0.405 e. The van der Waals surface area contributed by atoms with Gasteiger partial charge >= 0.3 is 6.09 Å². The van der Waals surface area contributed by atoms with Gasteiger partial charge in [0.25, 0.3) is 0 Å². The van der Waals surface area contributed by atoms with Crippen molar-refractivity contribution in [2.45, 2.75) is 32.3 Å². The average Bonchev–Trinajstić information content (AvgIpc) is 2.15. The Bertz CT molecular complexity index is 406. The van der Waals surface area contributed by atoms with Gasteiger partial charge in [-0.1, -0.05) is 18.3 Å². The molecule has 0 unspecified atom stereocenters. The highest BCUT2D eigenvalue weighted by molar-refractivity contribution is 7.71. The van der Waals surface area contributed by atoms with Gasteiger partial charge in [0.05, 0.1) is 0 Å². The molecule has 88 valence electrons. The van der Waals surface area contributed by atoms with Gasteiger partial charge in [-0.15, -0.1) is 0 Å². The van der Waals surface area contributed by atoms with Crippen LogP contribution in [0, 0.1) is 4.64 Å². The molecular weight excluding hydrogens is 224 g/mol. The lowest BCUT2D eigenvalue weighted by Crippen LogP contribution is -2.31. The molecule has 1 heterocycles. The van der Waals surface area contributed by atoms with E-state index in [0.717, 1.165) is 12.0 Å². The van der Waals surface area contributed by atoms with Crippen LogP contribution in [-0.2, 0) is 11.2 Å². The average molecular weight is 240 g/mol. The van der Waals surface area contributed by atoms with Crippen LogP contribution in [0.5, 0.6) is 0 Å². The maximum absolute atomic E-state index is 10.7. The highest BCUT2D eigenvalue weighted by Gasteiger charge is 2.21. The molecule has 4 nitrogen and oxygen atoms in total. The van der Waals surface area contributed by atoms with E-state index in [2.05, 4.69) is 4.98 Å². The van der Waals surface area contributed by atoms with Crippen LogP contribution in [0.1, 0.15) is 25.8 Å². The number of aryl methyl sites for hydroxylation is 1. The number of nitrogens with two attached hydrogens (primary N) is 1. The number of hydrogen-bond acceptors (Lipinski definition) is 3. The molecule has 0 spiro atoms. The SMILES string of the molecule is CC(C)(CCc1ccc(=S)[nH]c1)OC(N)=O. The topological polar surface area (TPSA) is 68.1 Å². The predicted molar refractivity (Wildman–Crippen MR) is 64.7 cm³/mol. The largest absolute Gasteiger partial charge is 0.444 e.